The zero-order valence-electron chi connectivity index (χ0n) is 17.7. The molecule has 160 valence electrons. The zero-order chi connectivity index (χ0) is 21.8. The average molecular weight is 413 g/mol. The molecule has 0 radical (unpaired) electrons. The van der Waals surface area contributed by atoms with E-state index in [4.69, 9.17) is 9.47 Å². The highest BCUT2D eigenvalue weighted by Crippen LogP contribution is 2.33. The molecule has 1 atom stereocenters. The first-order chi connectivity index (χ1) is 14.4. The quantitative estimate of drug-likeness (QED) is 0.534. The van der Waals surface area contributed by atoms with E-state index in [-0.39, 0.29) is 24.8 Å². The molecule has 1 aromatic carbocycles. The Labute approximate surface area is 175 Å². The van der Waals surface area contributed by atoms with Crippen LogP contribution in [0, 0.1) is 13.8 Å². The van der Waals surface area contributed by atoms with Gasteiger partial charge in [0, 0.05) is 12.2 Å². The number of nitrogens with one attached hydrogen (secondary N) is 2. The van der Waals surface area contributed by atoms with Crippen LogP contribution < -0.4 is 15.0 Å². The van der Waals surface area contributed by atoms with Crippen LogP contribution in [0.5, 0.6) is 5.75 Å². The number of carbonyl (C=O) groups excluding carboxylic acids is 3. The fourth-order valence-electron chi connectivity index (χ4n) is 3.64. The molecule has 1 aromatic heterocycles. The topological polar surface area (TPSA) is 101 Å². The van der Waals surface area contributed by atoms with E-state index >= 15 is 0 Å². The molecule has 2 N–H and O–H groups in total. The molecule has 0 bridgehead atoms. The number of para-hydroxylation sites is 2. The molecule has 8 nitrogen and oxygen atoms in total. The van der Waals surface area contributed by atoms with Gasteiger partial charge in [0.05, 0.1) is 37.1 Å². The lowest BCUT2D eigenvalue weighted by Crippen LogP contribution is -2.50. The first-order valence-corrected chi connectivity index (χ1v) is 9.96. The van der Waals surface area contributed by atoms with E-state index in [0.29, 0.717) is 34.8 Å². The van der Waals surface area contributed by atoms with Crippen molar-refractivity contribution in [1.29, 1.82) is 0 Å². The Balaban J connectivity index is 1.85. The lowest BCUT2D eigenvalue weighted by molar-refractivity contribution is -0.127. The summed E-state index contributed by atoms with van der Waals surface area (Å²) in [5, 5.41) is 2.84. The van der Waals surface area contributed by atoms with Crippen molar-refractivity contribution in [2.24, 2.45) is 0 Å². The number of benzene rings is 1. The van der Waals surface area contributed by atoms with Gasteiger partial charge in [-0.25, -0.2) is 4.79 Å². The number of aromatic amines is 1. The normalized spacial score (nSPS) is 15.2. The van der Waals surface area contributed by atoms with E-state index in [1.807, 2.05) is 30.0 Å². The van der Waals surface area contributed by atoms with Crippen LogP contribution in [0.25, 0.3) is 0 Å². The Morgan fingerprint density at radius 2 is 2.00 bits per heavy atom. The number of anilines is 1. The van der Waals surface area contributed by atoms with Crippen molar-refractivity contribution >= 4 is 23.3 Å². The minimum absolute atomic E-state index is 0.0410. The maximum atomic E-state index is 13.1. The molecule has 0 fully saturated rings. The van der Waals surface area contributed by atoms with Gasteiger partial charge in [-0.05, 0) is 38.0 Å². The summed E-state index contributed by atoms with van der Waals surface area (Å²) in [6, 6.07) is 7.32. The van der Waals surface area contributed by atoms with Crippen LogP contribution in [0.15, 0.2) is 24.3 Å². The molecule has 8 heteroatoms. The summed E-state index contributed by atoms with van der Waals surface area (Å²) in [4.78, 5) is 42.5. The Morgan fingerprint density at radius 3 is 2.70 bits per heavy atom. The fraction of sp³-hybridized carbons (Fsp3) is 0.409. The average Bonchev–Trinajstić information content (AvgIpc) is 3.05. The molecule has 1 aliphatic rings. The highest BCUT2D eigenvalue weighted by molar-refractivity contribution is 6.03. The zero-order valence-corrected chi connectivity index (χ0v) is 17.7. The first-order valence-electron chi connectivity index (χ1n) is 9.96. The van der Waals surface area contributed by atoms with E-state index in [1.54, 1.807) is 19.9 Å². The van der Waals surface area contributed by atoms with Gasteiger partial charge in [0.2, 0.25) is 0 Å². The standard InChI is InChI=1S/C22H27N3O5/c1-5-10-23-21(27)18-12-25(15-8-6-7-9-17(15)30-18)11-16(26)20-13(2)19(14(3)24-20)22(28)29-4/h6-9,18,24H,5,10-12H2,1-4H3,(H,23,27)/t18-/m1/s1. The number of rotatable bonds is 7. The van der Waals surface area contributed by atoms with Crippen molar-refractivity contribution in [2.75, 3.05) is 31.6 Å². The van der Waals surface area contributed by atoms with Crippen LogP contribution in [-0.2, 0) is 9.53 Å². The number of hydrogen-bond donors (Lipinski definition) is 2. The number of ketones is 1. The Bertz CT molecular complexity index is 966. The molecular formula is C22H27N3O5. The third-order valence-corrected chi connectivity index (χ3v) is 5.14. The molecule has 3 rings (SSSR count). The van der Waals surface area contributed by atoms with Crippen molar-refractivity contribution in [3.63, 3.8) is 0 Å². The molecule has 30 heavy (non-hydrogen) atoms. The van der Waals surface area contributed by atoms with Gasteiger partial charge in [-0.1, -0.05) is 19.1 Å². The van der Waals surface area contributed by atoms with Gasteiger partial charge in [0.15, 0.2) is 11.9 Å². The molecular weight excluding hydrogens is 386 g/mol. The van der Waals surface area contributed by atoms with Crippen LogP contribution in [0.1, 0.15) is 45.4 Å². The van der Waals surface area contributed by atoms with Crippen LogP contribution in [-0.4, -0.2) is 55.5 Å². The third-order valence-electron chi connectivity index (χ3n) is 5.14. The van der Waals surface area contributed by atoms with E-state index in [9.17, 15) is 14.4 Å². The predicted molar refractivity (Wildman–Crippen MR) is 112 cm³/mol. The number of methoxy groups -OCH3 is 1. The lowest BCUT2D eigenvalue weighted by atomic mass is 10.1. The molecule has 2 heterocycles. The Hall–Kier alpha value is -3.29. The summed E-state index contributed by atoms with van der Waals surface area (Å²) in [5.41, 5.74) is 2.63. The molecule has 0 aliphatic carbocycles. The van der Waals surface area contributed by atoms with E-state index in [1.165, 1.54) is 7.11 Å². The van der Waals surface area contributed by atoms with Crippen molar-refractivity contribution in [3.05, 3.63) is 46.8 Å². The molecule has 0 saturated heterocycles. The number of nitrogens with zero attached hydrogens (tertiary/aromatic N) is 1. The lowest BCUT2D eigenvalue weighted by Gasteiger charge is -2.35. The van der Waals surface area contributed by atoms with E-state index < -0.39 is 12.1 Å². The van der Waals surface area contributed by atoms with Crippen LogP contribution in [0.2, 0.25) is 0 Å². The second kappa shape index (κ2) is 9.02. The van der Waals surface area contributed by atoms with Gasteiger partial charge in [0.1, 0.15) is 5.75 Å². The van der Waals surface area contributed by atoms with Gasteiger partial charge in [-0.2, -0.15) is 0 Å². The SMILES string of the molecule is CCCNC(=O)[C@H]1CN(CC(=O)c2[nH]c(C)c(C(=O)OC)c2C)c2ccccc2O1. The van der Waals surface area contributed by atoms with Gasteiger partial charge in [-0.15, -0.1) is 0 Å². The second-order valence-corrected chi connectivity index (χ2v) is 7.29. The van der Waals surface area contributed by atoms with Crippen molar-refractivity contribution in [3.8, 4) is 5.75 Å². The minimum Gasteiger partial charge on any atom is -0.477 e. The van der Waals surface area contributed by atoms with Crippen LogP contribution in [0.4, 0.5) is 5.69 Å². The van der Waals surface area contributed by atoms with E-state index in [2.05, 4.69) is 10.3 Å². The molecule has 1 aliphatic heterocycles. The van der Waals surface area contributed by atoms with E-state index in [0.717, 1.165) is 12.1 Å². The Morgan fingerprint density at radius 1 is 1.27 bits per heavy atom. The molecule has 2 aromatic rings. The summed E-state index contributed by atoms with van der Waals surface area (Å²) in [6.07, 6.45) is 0.113. The van der Waals surface area contributed by atoms with Gasteiger partial charge >= 0.3 is 5.97 Å². The number of carbonyl (C=O) groups is 3. The van der Waals surface area contributed by atoms with Crippen molar-refractivity contribution in [2.45, 2.75) is 33.3 Å². The molecule has 0 spiro atoms. The number of hydrogen-bond acceptors (Lipinski definition) is 6. The van der Waals surface area contributed by atoms with Gasteiger partial charge in [0.25, 0.3) is 5.91 Å². The molecule has 1 amide bonds. The summed E-state index contributed by atoms with van der Waals surface area (Å²) in [6.45, 7) is 6.29. The van der Waals surface area contributed by atoms with Crippen LogP contribution >= 0.6 is 0 Å². The number of ether oxygens (including phenoxy) is 2. The Kier molecular flexibility index (Phi) is 6.44. The maximum absolute atomic E-state index is 13.1. The monoisotopic (exact) mass is 413 g/mol. The summed E-state index contributed by atoms with van der Waals surface area (Å²) < 4.78 is 10.7. The third kappa shape index (κ3) is 4.17. The largest absolute Gasteiger partial charge is 0.477 e. The minimum atomic E-state index is -0.712. The highest BCUT2D eigenvalue weighted by atomic mass is 16.5. The molecule has 0 saturated carbocycles. The van der Waals surface area contributed by atoms with Crippen molar-refractivity contribution in [1.82, 2.24) is 10.3 Å². The summed E-state index contributed by atoms with van der Waals surface area (Å²) in [7, 11) is 1.31. The molecule has 0 unspecified atom stereocenters. The predicted octanol–water partition coefficient (Wildman–Crippen LogP) is 2.39. The first kappa shape index (κ1) is 21.4. The number of H-pyrrole nitrogens is 1. The van der Waals surface area contributed by atoms with Gasteiger partial charge < -0.3 is 24.7 Å². The van der Waals surface area contributed by atoms with Gasteiger partial charge in [-0.3, -0.25) is 9.59 Å². The number of aryl methyl sites for hydroxylation is 1. The van der Waals surface area contributed by atoms with Crippen LogP contribution in [0.3, 0.4) is 0 Å². The maximum Gasteiger partial charge on any atom is 0.339 e. The number of fused-ring (bicyclic) bond motifs is 1. The highest BCUT2D eigenvalue weighted by Gasteiger charge is 2.32. The number of amides is 1. The smallest absolute Gasteiger partial charge is 0.339 e. The summed E-state index contributed by atoms with van der Waals surface area (Å²) in [5.74, 6) is -0.314. The number of Topliss-reactive ketones (excluding diaryl/α,β-unsaturated/α-hetero) is 1. The fourth-order valence-corrected chi connectivity index (χ4v) is 3.64. The summed E-state index contributed by atoms with van der Waals surface area (Å²) >= 11 is 0. The number of esters is 1. The second-order valence-electron chi connectivity index (χ2n) is 7.29. The number of aromatic nitrogens is 1. The van der Waals surface area contributed by atoms with Crippen molar-refractivity contribution < 1.29 is 23.9 Å².